The molecule has 0 aliphatic rings. The first-order chi connectivity index (χ1) is 9.06. The van der Waals surface area contributed by atoms with E-state index in [9.17, 15) is 9.59 Å². The number of nitrogens with zero attached hydrogens (tertiary/aromatic N) is 2. The maximum absolute atomic E-state index is 11.7. The van der Waals surface area contributed by atoms with Crippen LogP contribution in [0.5, 0.6) is 0 Å². The average molecular weight is 261 g/mol. The van der Waals surface area contributed by atoms with Crippen molar-refractivity contribution in [3.8, 4) is 0 Å². The molecule has 0 aliphatic heterocycles. The number of H-pyrrole nitrogens is 1. The molecule has 0 atom stereocenters. The Kier molecular flexibility index (Phi) is 3.79. The van der Waals surface area contributed by atoms with E-state index in [2.05, 4.69) is 9.97 Å². The smallest absolute Gasteiger partial charge is 0.303 e. The first-order valence-electron chi connectivity index (χ1n) is 5.94. The largest absolute Gasteiger partial charge is 0.481 e. The van der Waals surface area contributed by atoms with E-state index in [4.69, 9.17) is 5.11 Å². The van der Waals surface area contributed by atoms with Crippen molar-refractivity contribution < 1.29 is 14.7 Å². The summed E-state index contributed by atoms with van der Waals surface area (Å²) in [7, 11) is 1.67. The maximum atomic E-state index is 11.7. The Labute approximate surface area is 110 Å². The molecule has 1 heterocycles. The zero-order valence-electron chi connectivity index (χ0n) is 10.6. The first kappa shape index (κ1) is 13.1. The summed E-state index contributed by atoms with van der Waals surface area (Å²) in [4.78, 5) is 30.8. The highest BCUT2D eigenvalue weighted by Gasteiger charge is 2.11. The van der Waals surface area contributed by atoms with Crippen molar-refractivity contribution in [1.29, 1.82) is 0 Å². The maximum Gasteiger partial charge on any atom is 0.303 e. The van der Waals surface area contributed by atoms with E-state index in [-0.39, 0.29) is 18.7 Å². The zero-order valence-corrected chi connectivity index (χ0v) is 10.6. The lowest BCUT2D eigenvalue weighted by molar-refractivity contribution is -0.140. The Balaban J connectivity index is 1.99. The summed E-state index contributed by atoms with van der Waals surface area (Å²) in [5.74, 6) is -1.13. The number of carboxylic acid groups (broad SMARTS) is 1. The van der Waals surface area contributed by atoms with E-state index >= 15 is 0 Å². The minimum absolute atomic E-state index is 0.0259. The lowest BCUT2D eigenvalue weighted by Crippen LogP contribution is -2.26. The van der Waals surface area contributed by atoms with Gasteiger partial charge in [0.2, 0.25) is 5.91 Å². The molecule has 0 radical (unpaired) electrons. The van der Waals surface area contributed by atoms with Crippen LogP contribution in [0.1, 0.15) is 18.4 Å². The van der Waals surface area contributed by atoms with Crippen LogP contribution in [0.3, 0.4) is 0 Å². The number of carbonyl (C=O) groups excluding carboxylic acids is 1. The molecule has 6 heteroatoms. The third kappa shape index (κ3) is 3.31. The number of aromatic amines is 1. The number of nitrogens with one attached hydrogen (secondary N) is 1. The molecule has 1 aromatic carbocycles. The topological polar surface area (TPSA) is 86.3 Å². The molecule has 6 nitrogen and oxygen atoms in total. The molecule has 19 heavy (non-hydrogen) atoms. The number of fused-ring (bicyclic) bond motifs is 1. The highest BCUT2D eigenvalue weighted by molar-refractivity contribution is 5.80. The molecule has 100 valence electrons. The van der Waals surface area contributed by atoms with Gasteiger partial charge < -0.3 is 15.0 Å². The number of rotatable bonds is 5. The van der Waals surface area contributed by atoms with Gasteiger partial charge in [-0.05, 0) is 17.7 Å². The van der Waals surface area contributed by atoms with Crippen molar-refractivity contribution >= 4 is 22.9 Å². The fourth-order valence-corrected chi connectivity index (χ4v) is 1.85. The van der Waals surface area contributed by atoms with E-state index in [0.717, 1.165) is 16.6 Å². The number of aliphatic carboxylic acids is 1. The second-order valence-corrected chi connectivity index (χ2v) is 4.40. The predicted molar refractivity (Wildman–Crippen MR) is 69.4 cm³/mol. The van der Waals surface area contributed by atoms with Gasteiger partial charge in [-0.25, -0.2) is 4.98 Å². The van der Waals surface area contributed by atoms with Gasteiger partial charge in [0.1, 0.15) is 0 Å². The lowest BCUT2D eigenvalue weighted by atomic mass is 10.2. The van der Waals surface area contributed by atoms with Crippen LogP contribution in [-0.2, 0) is 16.1 Å². The van der Waals surface area contributed by atoms with Crippen LogP contribution in [0.4, 0.5) is 0 Å². The Morgan fingerprint density at radius 3 is 2.89 bits per heavy atom. The van der Waals surface area contributed by atoms with Crippen molar-refractivity contribution in [2.45, 2.75) is 19.4 Å². The van der Waals surface area contributed by atoms with Gasteiger partial charge in [-0.15, -0.1) is 0 Å². The Morgan fingerprint density at radius 1 is 1.37 bits per heavy atom. The Morgan fingerprint density at radius 2 is 2.16 bits per heavy atom. The molecule has 0 saturated carbocycles. The van der Waals surface area contributed by atoms with Gasteiger partial charge >= 0.3 is 5.97 Å². The highest BCUT2D eigenvalue weighted by Crippen LogP contribution is 2.13. The number of amides is 1. The van der Waals surface area contributed by atoms with Crippen LogP contribution in [-0.4, -0.2) is 38.9 Å². The van der Waals surface area contributed by atoms with Gasteiger partial charge in [0.05, 0.1) is 23.8 Å². The first-order valence-corrected chi connectivity index (χ1v) is 5.94. The third-order valence-electron chi connectivity index (χ3n) is 2.88. The molecule has 0 unspecified atom stereocenters. The van der Waals surface area contributed by atoms with Crippen molar-refractivity contribution in [3.63, 3.8) is 0 Å². The van der Waals surface area contributed by atoms with Crippen LogP contribution in [0.2, 0.25) is 0 Å². The number of carboxylic acids is 1. The van der Waals surface area contributed by atoms with Crippen LogP contribution < -0.4 is 0 Å². The molecule has 2 N–H and O–H groups in total. The fraction of sp³-hybridized carbons (Fsp3) is 0.308. The number of carbonyl (C=O) groups is 2. The molecule has 2 aromatic rings. The number of imidazole rings is 1. The van der Waals surface area contributed by atoms with Gasteiger partial charge in [0.15, 0.2) is 0 Å². The van der Waals surface area contributed by atoms with Crippen LogP contribution in [0, 0.1) is 0 Å². The zero-order chi connectivity index (χ0) is 13.8. The van der Waals surface area contributed by atoms with Gasteiger partial charge in [-0.1, -0.05) is 6.07 Å². The normalized spacial score (nSPS) is 10.6. The third-order valence-corrected chi connectivity index (χ3v) is 2.88. The minimum Gasteiger partial charge on any atom is -0.481 e. The summed E-state index contributed by atoms with van der Waals surface area (Å²) < 4.78 is 0. The summed E-state index contributed by atoms with van der Waals surface area (Å²) in [6.45, 7) is 0.452. The van der Waals surface area contributed by atoms with Gasteiger partial charge in [0, 0.05) is 20.0 Å². The monoisotopic (exact) mass is 261 g/mol. The lowest BCUT2D eigenvalue weighted by Gasteiger charge is -2.16. The van der Waals surface area contributed by atoms with Crippen molar-refractivity contribution in [2.75, 3.05) is 7.05 Å². The second-order valence-electron chi connectivity index (χ2n) is 4.40. The summed E-state index contributed by atoms with van der Waals surface area (Å²) >= 11 is 0. The van der Waals surface area contributed by atoms with Gasteiger partial charge in [-0.2, -0.15) is 0 Å². The number of hydrogen-bond donors (Lipinski definition) is 2. The summed E-state index contributed by atoms with van der Waals surface area (Å²) in [6.07, 6.45) is 1.51. The van der Waals surface area contributed by atoms with E-state index in [1.165, 1.54) is 4.90 Å². The molecule has 2 rings (SSSR count). The molecule has 0 fully saturated rings. The molecular weight excluding hydrogens is 246 g/mol. The van der Waals surface area contributed by atoms with E-state index in [0.29, 0.717) is 6.54 Å². The quantitative estimate of drug-likeness (QED) is 0.851. The minimum atomic E-state index is -0.958. The van der Waals surface area contributed by atoms with Crippen LogP contribution in [0.25, 0.3) is 11.0 Å². The average Bonchev–Trinajstić information content (AvgIpc) is 2.83. The van der Waals surface area contributed by atoms with E-state index in [1.54, 1.807) is 13.4 Å². The summed E-state index contributed by atoms with van der Waals surface area (Å²) in [5, 5.41) is 8.55. The highest BCUT2D eigenvalue weighted by atomic mass is 16.4. The van der Waals surface area contributed by atoms with Gasteiger partial charge in [0.25, 0.3) is 0 Å². The molecular formula is C13H15N3O3. The Hall–Kier alpha value is -2.37. The molecule has 0 spiro atoms. The molecule has 1 aromatic heterocycles. The molecule has 0 saturated heterocycles. The molecule has 0 aliphatic carbocycles. The Bertz CT molecular complexity index is 606. The fourth-order valence-electron chi connectivity index (χ4n) is 1.85. The SMILES string of the molecule is CN(Cc1ccc2nc[nH]c2c1)C(=O)CCC(=O)O. The van der Waals surface area contributed by atoms with Crippen molar-refractivity contribution in [3.05, 3.63) is 30.1 Å². The molecule has 0 bridgehead atoms. The van der Waals surface area contributed by atoms with Crippen molar-refractivity contribution in [1.82, 2.24) is 14.9 Å². The van der Waals surface area contributed by atoms with Crippen LogP contribution in [0.15, 0.2) is 24.5 Å². The van der Waals surface area contributed by atoms with Crippen molar-refractivity contribution in [2.24, 2.45) is 0 Å². The predicted octanol–water partition coefficient (Wildman–Crippen LogP) is 1.39. The van der Waals surface area contributed by atoms with Gasteiger partial charge in [-0.3, -0.25) is 9.59 Å². The van der Waals surface area contributed by atoms with E-state index in [1.807, 2.05) is 18.2 Å². The standard InChI is InChI=1S/C13H15N3O3/c1-16(12(17)4-5-13(18)19)7-9-2-3-10-11(6-9)15-8-14-10/h2-3,6,8H,4-5,7H2,1H3,(H,14,15)(H,18,19). The van der Waals surface area contributed by atoms with Crippen LogP contribution >= 0.6 is 0 Å². The number of benzene rings is 1. The van der Waals surface area contributed by atoms with E-state index < -0.39 is 5.97 Å². The number of hydrogen-bond acceptors (Lipinski definition) is 3. The molecule has 1 amide bonds. The summed E-state index contributed by atoms with van der Waals surface area (Å²) in [6, 6.07) is 5.73. The second kappa shape index (κ2) is 5.51. The summed E-state index contributed by atoms with van der Waals surface area (Å²) in [5.41, 5.74) is 2.77. The number of aromatic nitrogens is 2.